The molecular weight excluding hydrogens is 388 g/mol. The van der Waals surface area contributed by atoms with Gasteiger partial charge in [-0.3, -0.25) is 4.79 Å². The van der Waals surface area contributed by atoms with Gasteiger partial charge in [-0.15, -0.1) is 11.3 Å². The molecule has 7 nitrogen and oxygen atoms in total. The number of sulfonamides is 1. The number of benzene rings is 1. The smallest absolute Gasteiger partial charge is 0.417 e. The van der Waals surface area contributed by atoms with Gasteiger partial charge < -0.3 is 4.74 Å². The minimum atomic E-state index is -3.87. The SMILES string of the molecule is O=C1COC(=O)N1CC(NS(=O)(=O)c1ccc(Cl)s1)c1ccccc1. The van der Waals surface area contributed by atoms with Gasteiger partial charge in [0.1, 0.15) is 4.21 Å². The number of ether oxygens (including phenoxy) is 1. The monoisotopic (exact) mass is 400 g/mol. The molecule has 1 saturated heterocycles. The van der Waals surface area contributed by atoms with E-state index in [2.05, 4.69) is 9.46 Å². The highest BCUT2D eigenvalue weighted by atomic mass is 35.5. The quantitative estimate of drug-likeness (QED) is 0.803. The first kappa shape index (κ1) is 17.9. The fraction of sp³-hybridized carbons (Fsp3) is 0.200. The molecule has 1 aromatic heterocycles. The van der Waals surface area contributed by atoms with E-state index in [1.54, 1.807) is 30.3 Å². The molecule has 3 rings (SSSR count). The number of hydrogen-bond donors (Lipinski definition) is 1. The van der Waals surface area contributed by atoms with Crippen LogP contribution in [0, 0.1) is 0 Å². The zero-order chi connectivity index (χ0) is 18.0. The first-order chi connectivity index (χ1) is 11.9. The van der Waals surface area contributed by atoms with Crippen LogP contribution in [0.3, 0.4) is 0 Å². The average Bonchev–Trinajstić information content (AvgIpc) is 3.16. The topological polar surface area (TPSA) is 92.8 Å². The predicted molar refractivity (Wildman–Crippen MR) is 91.9 cm³/mol. The van der Waals surface area contributed by atoms with Gasteiger partial charge in [0.25, 0.3) is 15.9 Å². The number of thiophene rings is 1. The number of rotatable bonds is 6. The van der Waals surface area contributed by atoms with Crippen LogP contribution in [-0.4, -0.2) is 38.5 Å². The summed E-state index contributed by atoms with van der Waals surface area (Å²) in [5.74, 6) is -0.510. The summed E-state index contributed by atoms with van der Waals surface area (Å²) in [6.07, 6.45) is -0.788. The van der Waals surface area contributed by atoms with Crippen LogP contribution < -0.4 is 4.72 Å². The lowest BCUT2D eigenvalue weighted by Gasteiger charge is -2.22. The molecule has 2 heterocycles. The number of amides is 2. The molecule has 1 aliphatic heterocycles. The van der Waals surface area contributed by atoms with Crippen LogP contribution in [-0.2, 0) is 19.6 Å². The van der Waals surface area contributed by atoms with Gasteiger partial charge in [0.05, 0.1) is 16.9 Å². The van der Waals surface area contributed by atoms with Gasteiger partial charge in [0.15, 0.2) is 6.61 Å². The van der Waals surface area contributed by atoms with E-state index >= 15 is 0 Å². The van der Waals surface area contributed by atoms with E-state index in [4.69, 9.17) is 11.6 Å². The van der Waals surface area contributed by atoms with Crippen molar-refractivity contribution in [3.05, 3.63) is 52.4 Å². The maximum absolute atomic E-state index is 12.6. The van der Waals surface area contributed by atoms with Crippen molar-refractivity contribution >= 4 is 45.0 Å². The first-order valence-electron chi connectivity index (χ1n) is 7.16. The van der Waals surface area contributed by atoms with Crippen molar-refractivity contribution in [1.82, 2.24) is 9.62 Å². The van der Waals surface area contributed by atoms with Gasteiger partial charge >= 0.3 is 6.09 Å². The van der Waals surface area contributed by atoms with Crippen LogP contribution in [0.1, 0.15) is 11.6 Å². The second-order valence-corrected chi connectivity index (χ2v) is 8.86. The molecule has 2 amide bonds. The molecule has 1 aromatic carbocycles. The van der Waals surface area contributed by atoms with Crippen LogP contribution in [0.25, 0.3) is 0 Å². The Labute approximate surface area is 153 Å². The van der Waals surface area contributed by atoms with Crippen molar-refractivity contribution in [2.45, 2.75) is 10.3 Å². The highest BCUT2D eigenvalue weighted by Crippen LogP contribution is 2.27. The Kier molecular flexibility index (Phi) is 5.09. The molecular formula is C15H13ClN2O5S2. The number of nitrogens with one attached hydrogen (secondary N) is 1. The molecule has 0 saturated carbocycles. The molecule has 1 fully saturated rings. The summed E-state index contributed by atoms with van der Waals surface area (Å²) in [4.78, 5) is 24.3. The Hall–Kier alpha value is -1.94. The summed E-state index contributed by atoms with van der Waals surface area (Å²) in [6, 6.07) is 10.7. The molecule has 1 atom stereocenters. The molecule has 0 aliphatic carbocycles. The Bertz CT molecular complexity index is 882. The third-order valence-electron chi connectivity index (χ3n) is 3.52. The largest absolute Gasteiger partial charge is 0.439 e. The van der Waals surface area contributed by atoms with E-state index in [1.807, 2.05) is 0 Å². The molecule has 2 aromatic rings. The Morgan fingerprint density at radius 1 is 1.20 bits per heavy atom. The van der Waals surface area contributed by atoms with Crippen molar-refractivity contribution in [3.8, 4) is 0 Å². The highest BCUT2D eigenvalue weighted by molar-refractivity contribution is 7.91. The minimum absolute atomic E-state index is 0.0498. The molecule has 0 radical (unpaired) electrons. The number of cyclic esters (lactones) is 1. The van der Waals surface area contributed by atoms with Gasteiger partial charge in [-0.1, -0.05) is 41.9 Å². The lowest BCUT2D eigenvalue weighted by molar-refractivity contribution is -0.126. The van der Waals surface area contributed by atoms with Gasteiger partial charge in [0.2, 0.25) is 0 Å². The summed E-state index contributed by atoms with van der Waals surface area (Å²) in [6.45, 7) is -0.506. The van der Waals surface area contributed by atoms with Gasteiger partial charge in [-0.25, -0.2) is 22.8 Å². The number of halogens is 1. The van der Waals surface area contributed by atoms with Crippen molar-refractivity contribution in [2.24, 2.45) is 0 Å². The second-order valence-electron chi connectivity index (χ2n) is 5.20. The zero-order valence-corrected chi connectivity index (χ0v) is 15.1. The zero-order valence-electron chi connectivity index (χ0n) is 12.7. The molecule has 0 spiro atoms. The van der Waals surface area contributed by atoms with Crippen LogP contribution in [0.15, 0.2) is 46.7 Å². The predicted octanol–water partition coefficient (Wildman–Crippen LogP) is 2.40. The van der Waals surface area contributed by atoms with E-state index in [0.29, 0.717) is 9.90 Å². The summed E-state index contributed by atoms with van der Waals surface area (Å²) in [5.41, 5.74) is 0.612. The van der Waals surface area contributed by atoms with E-state index < -0.39 is 28.1 Å². The number of carbonyl (C=O) groups excluding carboxylic acids is 2. The second kappa shape index (κ2) is 7.12. The lowest BCUT2D eigenvalue weighted by atomic mass is 10.1. The molecule has 1 N–H and O–H groups in total. The van der Waals surface area contributed by atoms with E-state index in [1.165, 1.54) is 12.1 Å². The normalized spacial score (nSPS) is 16.1. The minimum Gasteiger partial charge on any atom is -0.439 e. The van der Waals surface area contributed by atoms with Crippen molar-refractivity contribution in [3.63, 3.8) is 0 Å². The van der Waals surface area contributed by atoms with E-state index in [-0.39, 0.29) is 17.4 Å². The Morgan fingerprint density at radius 2 is 1.92 bits per heavy atom. The third-order valence-corrected chi connectivity index (χ3v) is 6.71. The molecule has 0 bridgehead atoms. The molecule has 25 heavy (non-hydrogen) atoms. The number of carbonyl (C=O) groups is 2. The first-order valence-corrected chi connectivity index (χ1v) is 9.84. The van der Waals surface area contributed by atoms with E-state index in [0.717, 1.165) is 16.2 Å². The number of hydrogen-bond acceptors (Lipinski definition) is 6. The fourth-order valence-corrected chi connectivity index (χ4v) is 5.04. The van der Waals surface area contributed by atoms with E-state index in [9.17, 15) is 18.0 Å². The third kappa shape index (κ3) is 4.01. The molecule has 132 valence electrons. The summed E-state index contributed by atoms with van der Waals surface area (Å²) in [7, 11) is -3.87. The number of nitrogens with zero attached hydrogens (tertiary/aromatic N) is 1. The van der Waals surface area contributed by atoms with Crippen LogP contribution in [0.4, 0.5) is 4.79 Å². The molecule has 1 unspecified atom stereocenters. The maximum Gasteiger partial charge on any atom is 0.417 e. The van der Waals surface area contributed by atoms with Crippen molar-refractivity contribution in [2.75, 3.05) is 13.2 Å². The summed E-state index contributed by atoms with van der Waals surface area (Å²) >= 11 is 6.73. The van der Waals surface area contributed by atoms with Gasteiger partial charge in [-0.05, 0) is 17.7 Å². The lowest BCUT2D eigenvalue weighted by Crippen LogP contribution is -2.40. The number of imide groups is 1. The van der Waals surface area contributed by atoms with Gasteiger partial charge in [-0.2, -0.15) is 0 Å². The van der Waals surface area contributed by atoms with Crippen molar-refractivity contribution in [1.29, 1.82) is 0 Å². The van der Waals surface area contributed by atoms with Crippen LogP contribution in [0.5, 0.6) is 0 Å². The van der Waals surface area contributed by atoms with Gasteiger partial charge in [0, 0.05) is 0 Å². The van der Waals surface area contributed by atoms with Crippen LogP contribution in [0.2, 0.25) is 4.34 Å². The Morgan fingerprint density at radius 3 is 2.48 bits per heavy atom. The standard InChI is InChI=1S/C15H13ClN2O5S2/c16-12-6-7-14(24-12)25(21,22)17-11(10-4-2-1-3-5-10)8-18-13(19)9-23-15(18)20/h1-7,11,17H,8-9H2. The fourth-order valence-electron chi connectivity index (χ4n) is 2.32. The Balaban J connectivity index is 1.89. The van der Waals surface area contributed by atoms with Crippen molar-refractivity contribution < 1.29 is 22.7 Å². The molecule has 10 heteroatoms. The molecule has 1 aliphatic rings. The average molecular weight is 401 g/mol. The maximum atomic E-state index is 12.6. The highest BCUT2D eigenvalue weighted by Gasteiger charge is 2.34. The summed E-state index contributed by atoms with van der Waals surface area (Å²) in [5, 5.41) is 0. The van der Waals surface area contributed by atoms with Crippen LogP contribution >= 0.6 is 22.9 Å². The summed E-state index contributed by atoms with van der Waals surface area (Å²) < 4.78 is 32.8.